The number of hydrogen-bond acceptors (Lipinski definition) is 5. The maximum absolute atomic E-state index is 12.7. The lowest BCUT2D eigenvalue weighted by atomic mass is 9.88. The lowest BCUT2D eigenvalue weighted by molar-refractivity contribution is -0.121. The smallest absolute Gasteiger partial charge is 0.233 e. The zero-order valence-electron chi connectivity index (χ0n) is 13.9. The predicted octanol–water partition coefficient (Wildman–Crippen LogP) is 4.37. The monoisotopic (exact) mass is 369 g/mol. The second kappa shape index (κ2) is 7.14. The van der Waals surface area contributed by atoms with Crippen LogP contribution in [0, 0.1) is 0 Å². The maximum Gasteiger partial charge on any atom is 0.233 e. The predicted molar refractivity (Wildman–Crippen MR) is 103 cm³/mol. The fourth-order valence-electron chi connectivity index (χ4n) is 3.28. The molecule has 1 aliphatic rings. The van der Waals surface area contributed by atoms with Gasteiger partial charge in [-0.05, 0) is 48.8 Å². The molecule has 0 spiro atoms. The molecule has 6 heteroatoms. The van der Waals surface area contributed by atoms with E-state index in [1.165, 1.54) is 22.9 Å². The molecule has 0 radical (unpaired) electrons. The van der Waals surface area contributed by atoms with Crippen LogP contribution in [0.25, 0.3) is 10.2 Å². The molecule has 4 rings (SSSR count). The zero-order chi connectivity index (χ0) is 17.2. The normalized spacial score (nSPS) is 17.9. The Morgan fingerprint density at radius 3 is 3.12 bits per heavy atom. The van der Waals surface area contributed by atoms with Crippen LogP contribution in [0.3, 0.4) is 0 Å². The summed E-state index contributed by atoms with van der Waals surface area (Å²) >= 11 is 3.09. The van der Waals surface area contributed by atoms with Gasteiger partial charge < -0.3 is 5.32 Å². The fourth-order valence-corrected chi connectivity index (χ4v) is 4.98. The fraction of sp³-hybridized carbons (Fsp3) is 0.316. The van der Waals surface area contributed by atoms with Crippen molar-refractivity contribution >= 4 is 39.2 Å². The Kier molecular flexibility index (Phi) is 4.72. The zero-order valence-corrected chi connectivity index (χ0v) is 15.6. The van der Waals surface area contributed by atoms with Gasteiger partial charge in [0.1, 0.15) is 16.2 Å². The van der Waals surface area contributed by atoms with Gasteiger partial charge in [0.2, 0.25) is 5.91 Å². The number of aryl methyl sites for hydroxylation is 1. The first-order valence-electron chi connectivity index (χ1n) is 8.45. The molecule has 2 heterocycles. The van der Waals surface area contributed by atoms with Gasteiger partial charge in [-0.3, -0.25) is 4.79 Å². The molecule has 4 nitrogen and oxygen atoms in total. The topological polar surface area (TPSA) is 54.9 Å². The number of carbonyl (C=O) groups excluding carboxylic acids is 1. The molecule has 1 aromatic carbocycles. The summed E-state index contributed by atoms with van der Waals surface area (Å²) in [5.74, 6) is 0.0636. The molecule has 1 N–H and O–H groups in total. The first-order chi connectivity index (χ1) is 12.2. The number of carbonyl (C=O) groups is 1. The summed E-state index contributed by atoms with van der Waals surface area (Å²) in [6.07, 6.45) is 4.79. The number of fused-ring (bicyclic) bond motifs is 2. The van der Waals surface area contributed by atoms with Crippen molar-refractivity contribution in [2.24, 2.45) is 0 Å². The SMILES string of the molecule is C[C@H](Sc1ncnc2sccc12)C(=O)N[C@H]1CCCc2ccccc21. The van der Waals surface area contributed by atoms with Gasteiger partial charge in [-0.2, -0.15) is 0 Å². The van der Waals surface area contributed by atoms with E-state index in [-0.39, 0.29) is 17.2 Å². The van der Waals surface area contributed by atoms with Crippen molar-refractivity contribution in [3.05, 3.63) is 53.2 Å². The molecule has 1 aliphatic carbocycles. The van der Waals surface area contributed by atoms with Gasteiger partial charge in [-0.25, -0.2) is 9.97 Å². The molecule has 0 fully saturated rings. The lowest BCUT2D eigenvalue weighted by Gasteiger charge is -2.27. The van der Waals surface area contributed by atoms with Gasteiger partial charge >= 0.3 is 0 Å². The summed E-state index contributed by atoms with van der Waals surface area (Å²) < 4.78 is 0. The number of thiophene rings is 1. The largest absolute Gasteiger partial charge is 0.348 e. The summed E-state index contributed by atoms with van der Waals surface area (Å²) in [7, 11) is 0. The van der Waals surface area contributed by atoms with E-state index in [0.717, 1.165) is 34.5 Å². The minimum atomic E-state index is -0.202. The van der Waals surface area contributed by atoms with Crippen LogP contribution in [0.1, 0.15) is 36.9 Å². The number of nitrogens with one attached hydrogen (secondary N) is 1. The molecular formula is C19H19N3OS2. The van der Waals surface area contributed by atoms with Crippen LogP contribution >= 0.6 is 23.1 Å². The first kappa shape index (κ1) is 16.5. The van der Waals surface area contributed by atoms with Crippen molar-refractivity contribution in [2.45, 2.75) is 42.5 Å². The highest BCUT2D eigenvalue weighted by Gasteiger charge is 2.24. The Balaban J connectivity index is 1.47. The van der Waals surface area contributed by atoms with Crippen LogP contribution in [0.2, 0.25) is 0 Å². The van der Waals surface area contributed by atoms with Gasteiger partial charge in [0.05, 0.1) is 11.3 Å². The van der Waals surface area contributed by atoms with E-state index in [1.54, 1.807) is 17.7 Å². The standard InChI is InChI=1S/C19H19N3OS2/c1-12(25-19-15-9-10-24-18(15)20-11-21-19)17(23)22-16-8-4-6-13-5-2-3-7-14(13)16/h2-3,5,7,9-12,16H,4,6,8H2,1H3,(H,22,23)/t12-,16-/m0/s1. The van der Waals surface area contributed by atoms with Gasteiger partial charge in [0.25, 0.3) is 0 Å². The highest BCUT2D eigenvalue weighted by molar-refractivity contribution is 8.00. The molecule has 0 saturated heterocycles. The maximum atomic E-state index is 12.7. The molecule has 0 bridgehead atoms. The molecule has 2 atom stereocenters. The molecule has 1 amide bonds. The van der Waals surface area contributed by atoms with Crippen molar-refractivity contribution in [1.29, 1.82) is 0 Å². The van der Waals surface area contributed by atoms with Crippen molar-refractivity contribution in [2.75, 3.05) is 0 Å². The molecule has 0 unspecified atom stereocenters. The highest BCUT2D eigenvalue weighted by atomic mass is 32.2. The third-order valence-electron chi connectivity index (χ3n) is 4.57. The number of hydrogen-bond donors (Lipinski definition) is 1. The second-order valence-corrected chi connectivity index (χ2v) is 8.45. The van der Waals surface area contributed by atoms with Crippen LogP contribution in [-0.2, 0) is 11.2 Å². The van der Waals surface area contributed by atoms with E-state index in [0.29, 0.717) is 0 Å². The number of aromatic nitrogens is 2. The molecule has 2 aromatic heterocycles. The number of benzene rings is 1. The highest BCUT2D eigenvalue weighted by Crippen LogP contribution is 2.32. The Hall–Kier alpha value is -1.92. The van der Waals surface area contributed by atoms with Crippen molar-refractivity contribution in [1.82, 2.24) is 15.3 Å². The second-order valence-electron chi connectivity index (χ2n) is 6.23. The summed E-state index contributed by atoms with van der Waals surface area (Å²) in [6, 6.07) is 10.6. The Morgan fingerprint density at radius 2 is 2.20 bits per heavy atom. The summed E-state index contributed by atoms with van der Waals surface area (Å²) in [6.45, 7) is 1.94. The number of amides is 1. The van der Waals surface area contributed by atoms with E-state index in [9.17, 15) is 4.79 Å². The van der Waals surface area contributed by atoms with Gasteiger partial charge in [-0.15, -0.1) is 11.3 Å². The molecule has 0 aliphatic heterocycles. The average molecular weight is 370 g/mol. The minimum absolute atomic E-state index is 0.0636. The number of nitrogens with zero attached hydrogens (tertiary/aromatic N) is 2. The molecule has 25 heavy (non-hydrogen) atoms. The molecule has 0 saturated carbocycles. The molecular weight excluding hydrogens is 350 g/mol. The quantitative estimate of drug-likeness (QED) is 0.548. The van der Waals surface area contributed by atoms with E-state index in [2.05, 4.69) is 39.6 Å². The van der Waals surface area contributed by atoms with Crippen molar-refractivity contribution in [3.63, 3.8) is 0 Å². The van der Waals surface area contributed by atoms with Crippen LogP contribution in [0.5, 0.6) is 0 Å². The summed E-state index contributed by atoms with van der Waals surface area (Å²) in [5.41, 5.74) is 2.62. The van der Waals surface area contributed by atoms with Gasteiger partial charge in [0.15, 0.2) is 0 Å². The van der Waals surface area contributed by atoms with Gasteiger partial charge in [-0.1, -0.05) is 36.0 Å². The number of rotatable bonds is 4. The van der Waals surface area contributed by atoms with Gasteiger partial charge in [0, 0.05) is 5.39 Å². The lowest BCUT2D eigenvalue weighted by Crippen LogP contribution is -2.35. The van der Waals surface area contributed by atoms with Crippen LogP contribution in [-0.4, -0.2) is 21.1 Å². The third-order valence-corrected chi connectivity index (χ3v) is 6.51. The van der Waals surface area contributed by atoms with Crippen LogP contribution in [0.4, 0.5) is 0 Å². The Labute approximate surface area is 155 Å². The average Bonchev–Trinajstić information content (AvgIpc) is 3.12. The van der Waals surface area contributed by atoms with E-state index in [1.807, 2.05) is 18.4 Å². The van der Waals surface area contributed by atoms with E-state index < -0.39 is 0 Å². The Morgan fingerprint density at radius 1 is 1.32 bits per heavy atom. The van der Waals surface area contributed by atoms with E-state index in [4.69, 9.17) is 0 Å². The summed E-state index contributed by atoms with van der Waals surface area (Å²) in [4.78, 5) is 22.3. The Bertz CT molecular complexity index is 908. The van der Waals surface area contributed by atoms with Crippen molar-refractivity contribution < 1.29 is 4.79 Å². The molecule has 128 valence electrons. The first-order valence-corrected chi connectivity index (χ1v) is 10.2. The van der Waals surface area contributed by atoms with Crippen molar-refractivity contribution in [3.8, 4) is 0 Å². The van der Waals surface area contributed by atoms with Crippen LogP contribution < -0.4 is 5.32 Å². The number of thioether (sulfide) groups is 1. The van der Waals surface area contributed by atoms with E-state index >= 15 is 0 Å². The minimum Gasteiger partial charge on any atom is -0.348 e. The third kappa shape index (κ3) is 3.41. The van der Waals surface area contributed by atoms with Crippen LogP contribution in [0.15, 0.2) is 47.1 Å². The summed E-state index contributed by atoms with van der Waals surface area (Å²) in [5, 5.41) is 6.94. The molecule has 3 aromatic rings.